The van der Waals surface area contributed by atoms with Gasteiger partial charge in [-0.05, 0) is 54.0 Å². The maximum absolute atomic E-state index is 12.9. The van der Waals surface area contributed by atoms with Gasteiger partial charge in [-0.1, -0.05) is 114 Å². The predicted octanol–water partition coefficient (Wildman–Crippen LogP) is 9.16. The molecule has 1 aliphatic carbocycles. The second kappa shape index (κ2) is 16.4. The summed E-state index contributed by atoms with van der Waals surface area (Å²) in [6, 6.07) is 16.5. The van der Waals surface area contributed by atoms with Gasteiger partial charge in [-0.25, -0.2) is 0 Å². The van der Waals surface area contributed by atoms with E-state index in [1.54, 1.807) is 0 Å². The van der Waals surface area contributed by atoms with E-state index in [4.69, 9.17) is 4.74 Å². The van der Waals surface area contributed by atoms with E-state index in [0.29, 0.717) is 18.8 Å². The zero-order valence-corrected chi connectivity index (χ0v) is 23.3. The summed E-state index contributed by atoms with van der Waals surface area (Å²) in [5, 5.41) is 0. The van der Waals surface area contributed by atoms with Gasteiger partial charge in [0.15, 0.2) is 0 Å². The van der Waals surface area contributed by atoms with Gasteiger partial charge in [0.1, 0.15) is 17.3 Å². The van der Waals surface area contributed by atoms with Crippen molar-refractivity contribution in [2.24, 2.45) is 11.8 Å². The summed E-state index contributed by atoms with van der Waals surface area (Å²) in [5.41, 5.74) is 3.25. The molecule has 0 aliphatic heterocycles. The van der Waals surface area contributed by atoms with Crippen LogP contribution < -0.4 is 4.74 Å². The van der Waals surface area contributed by atoms with Crippen LogP contribution in [0.1, 0.15) is 109 Å². The number of benzene rings is 2. The Morgan fingerprint density at radius 2 is 1.35 bits per heavy atom. The van der Waals surface area contributed by atoms with Gasteiger partial charge in [-0.15, -0.1) is 0 Å². The summed E-state index contributed by atoms with van der Waals surface area (Å²) >= 11 is 0. The molecule has 2 atom stereocenters. The average Bonchev–Trinajstić information content (AvgIpc) is 2.91. The number of carbonyl (C=O) groups excluding carboxylic acids is 2. The Labute approximate surface area is 225 Å². The molecule has 1 saturated carbocycles. The first kappa shape index (κ1) is 29.1. The van der Waals surface area contributed by atoms with E-state index in [9.17, 15) is 9.59 Å². The normalized spacial score (nSPS) is 17.6. The third-order valence-electron chi connectivity index (χ3n) is 7.88. The van der Waals surface area contributed by atoms with Crippen molar-refractivity contribution in [3.63, 3.8) is 0 Å². The van der Waals surface area contributed by atoms with Crippen molar-refractivity contribution in [3.05, 3.63) is 54.1 Å². The van der Waals surface area contributed by atoms with Crippen molar-refractivity contribution in [2.45, 2.75) is 110 Å². The first-order chi connectivity index (χ1) is 18.1. The minimum absolute atomic E-state index is 0.0900. The number of carbonyl (C=O) groups is 2. The molecule has 2 aromatic carbocycles. The third-order valence-corrected chi connectivity index (χ3v) is 7.88. The number of hydrogen-bond donors (Lipinski definition) is 0. The van der Waals surface area contributed by atoms with Crippen LogP contribution in [0, 0.1) is 11.8 Å². The third kappa shape index (κ3) is 10.1. The monoisotopic (exact) mass is 504 g/mol. The number of unbranched alkanes of at least 4 members (excludes halogenated alkanes) is 8. The molecule has 0 bridgehead atoms. The zero-order valence-electron chi connectivity index (χ0n) is 23.3. The molecule has 37 heavy (non-hydrogen) atoms. The summed E-state index contributed by atoms with van der Waals surface area (Å²) in [7, 11) is 0. The first-order valence-electron chi connectivity index (χ1n) is 15.0. The van der Waals surface area contributed by atoms with Crippen LogP contribution in [0.3, 0.4) is 0 Å². The van der Waals surface area contributed by atoms with Crippen LogP contribution in [0.25, 0.3) is 11.1 Å². The number of rotatable bonds is 17. The fourth-order valence-corrected chi connectivity index (χ4v) is 5.49. The smallest absolute Gasteiger partial charge is 0.147 e. The average molecular weight is 505 g/mol. The summed E-state index contributed by atoms with van der Waals surface area (Å²) in [5.74, 6) is 1.27. The molecule has 0 saturated heterocycles. The predicted molar refractivity (Wildman–Crippen MR) is 154 cm³/mol. The molecule has 1 fully saturated rings. The van der Waals surface area contributed by atoms with Crippen molar-refractivity contribution in [2.75, 3.05) is 6.61 Å². The molecule has 2 unspecified atom stereocenters. The highest BCUT2D eigenvalue weighted by molar-refractivity contribution is 6.03. The van der Waals surface area contributed by atoms with Gasteiger partial charge in [0.2, 0.25) is 0 Å². The van der Waals surface area contributed by atoms with Gasteiger partial charge < -0.3 is 4.74 Å². The lowest BCUT2D eigenvalue weighted by Gasteiger charge is -2.26. The minimum Gasteiger partial charge on any atom is -0.494 e. The molecule has 0 amide bonds. The van der Waals surface area contributed by atoms with Crippen LogP contribution in [0.4, 0.5) is 0 Å². The molecule has 2 aromatic rings. The van der Waals surface area contributed by atoms with Gasteiger partial charge in [0.05, 0.1) is 12.5 Å². The van der Waals surface area contributed by atoms with E-state index < -0.39 is 5.92 Å². The second-order valence-electron chi connectivity index (χ2n) is 11.0. The fraction of sp³-hybridized carbons (Fsp3) is 0.588. The molecular weight excluding hydrogens is 456 g/mol. The van der Waals surface area contributed by atoms with Gasteiger partial charge >= 0.3 is 0 Å². The minimum atomic E-state index is -0.393. The van der Waals surface area contributed by atoms with Gasteiger partial charge in [-0.3, -0.25) is 9.59 Å². The fourth-order valence-electron chi connectivity index (χ4n) is 5.49. The lowest BCUT2D eigenvalue weighted by Crippen LogP contribution is -2.32. The summed E-state index contributed by atoms with van der Waals surface area (Å²) < 4.78 is 5.92. The number of hydrogen-bond acceptors (Lipinski definition) is 3. The molecule has 3 nitrogen and oxygen atoms in total. The van der Waals surface area contributed by atoms with Gasteiger partial charge in [-0.2, -0.15) is 0 Å². The summed E-state index contributed by atoms with van der Waals surface area (Å²) in [6.45, 7) is 5.23. The molecule has 3 rings (SSSR count). The van der Waals surface area contributed by atoms with E-state index in [-0.39, 0.29) is 11.6 Å². The molecule has 1 aliphatic rings. The van der Waals surface area contributed by atoms with Crippen molar-refractivity contribution >= 4 is 11.6 Å². The molecule has 202 valence electrons. The molecule has 0 radical (unpaired) electrons. The SMILES string of the molecule is CCCCCCCCCOc1ccc(-c2ccc(CC(=O)C3CCC(CCCCC)CC3=O)cc2)cc1. The molecule has 0 N–H and O–H groups in total. The number of ether oxygens (including phenoxy) is 1. The second-order valence-corrected chi connectivity index (χ2v) is 11.0. The van der Waals surface area contributed by atoms with Gasteiger partial charge in [0, 0.05) is 12.8 Å². The lowest BCUT2D eigenvalue weighted by atomic mass is 9.76. The largest absolute Gasteiger partial charge is 0.494 e. The summed E-state index contributed by atoms with van der Waals surface area (Å²) in [6.07, 6.45) is 16.5. The van der Waals surface area contributed by atoms with E-state index in [0.717, 1.165) is 54.7 Å². The van der Waals surface area contributed by atoms with Crippen LogP contribution in [-0.4, -0.2) is 18.2 Å². The maximum atomic E-state index is 12.9. The first-order valence-corrected chi connectivity index (χ1v) is 15.0. The summed E-state index contributed by atoms with van der Waals surface area (Å²) in [4.78, 5) is 25.5. The Balaban J connectivity index is 1.40. The van der Waals surface area contributed by atoms with E-state index >= 15 is 0 Å². The lowest BCUT2D eigenvalue weighted by molar-refractivity contribution is -0.135. The topological polar surface area (TPSA) is 43.4 Å². The van der Waals surface area contributed by atoms with Crippen molar-refractivity contribution in [1.82, 2.24) is 0 Å². The number of ketones is 2. The van der Waals surface area contributed by atoms with Crippen LogP contribution in [0.5, 0.6) is 5.75 Å². The Bertz CT molecular complexity index is 929. The standard InChI is InChI=1S/C34H48O3/c1-3-5-7-8-9-10-12-24-37-31-21-19-30(20-22-31)29-17-14-28(15-18-29)26-34(36)32-23-16-27(25-33(32)35)13-11-6-4-2/h14-15,17-22,27,32H,3-13,16,23-26H2,1-2H3. The molecule has 0 aromatic heterocycles. The van der Waals surface area contributed by atoms with Crippen LogP contribution in [-0.2, 0) is 16.0 Å². The van der Waals surface area contributed by atoms with E-state index in [2.05, 4.69) is 38.1 Å². The van der Waals surface area contributed by atoms with Crippen LogP contribution in [0.2, 0.25) is 0 Å². The highest BCUT2D eigenvalue weighted by atomic mass is 16.5. The Morgan fingerprint density at radius 1 is 0.757 bits per heavy atom. The highest BCUT2D eigenvalue weighted by Gasteiger charge is 2.32. The molecule has 3 heteroatoms. The number of Topliss-reactive ketones (excluding diaryl/α,β-unsaturated/α-hetero) is 2. The zero-order chi connectivity index (χ0) is 26.3. The maximum Gasteiger partial charge on any atom is 0.147 e. The van der Waals surface area contributed by atoms with Crippen molar-refractivity contribution in [3.8, 4) is 16.9 Å². The van der Waals surface area contributed by atoms with Crippen LogP contribution in [0.15, 0.2) is 48.5 Å². The Kier molecular flexibility index (Phi) is 12.9. The van der Waals surface area contributed by atoms with Crippen molar-refractivity contribution < 1.29 is 14.3 Å². The quantitative estimate of drug-likeness (QED) is 0.159. The molecular formula is C34H48O3. The van der Waals surface area contributed by atoms with Crippen LogP contribution >= 0.6 is 0 Å². The van der Waals surface area contributed by atoms with Crippen molar-refractivity contribution in [1.29, 1.82) is 0 Å². The Hall–Kier alpha value is -2.42. The Morgan fingerprint density at radius 3 is 2.00 bits per heavy atom. The van der Waals surface area contributed by atoms with E-state index in [1.165, 1.54) is 57.8 Å². The van der Waals surface area contributed by atoms with Gasteiger partial charge in [0.25, 0.3) is 0 Å². The highest BCUT2D eigenvalue weighted by Crippen LogP contribution is 2.31. The molecule has 0 spiro atoms. The molecule has 0 heterocycles. The van der Waals surface area contributed by atoms with E-state index in [1.807, 2.05) is 24.3 Å².